The van der Waals surface area contributed by atoms with Gasteiger partial charge < -0.3 is 11.1 Å². The van der Waals surface area contributed by atoms with Gasteiger partial charge >= 0.3 is 0 Å². The predicted molar refractivity (Wildman–Crippen MR) is 85.4 cm³/mol. The van der Waals surface area contributed by atoms with E-state index in [1.54, 1.807) is 24.1 Å². The van der Waals surface area contributed by atoms with E-state index in [-0.39, 0.29) is 5.91 Å². The maximum atomic E-state index is 12.3. The predicted octanol–water partition coefficient (Wildman–Crippen LogP) is 2.23. The van der Waals surface area contributed by atoms with Crippen LogP contribution in [0, 0.1) is 0 Å². The van der Waals surface area contributed by atoms with Crippen molar-refractivity contribution in [2.45, 2.75) is 25.4 Å². The molecule has 1 unspecified atom stereocenters. The van der Waals surface area contributed by atoms with Crippen molar-refractivity contribution in [3.63, 3.8) is 0 Å². The molecule has 0 saturated heterocycles. The molecule has 0 aliphatic carbocycles. The topological polar surface area (TPSA) is 72.9 Å². The van der Waals surface area contributed by atoms with Crippen LogP contribution in [0.15, 0.2) is 41.1 Å². The number of halogens is 1. The van der Waals surface area contributed by atoms with Crippen LogP contribution < -0.4 is 11.1 Å². The molecule has 0 bridgehead atoms. The third-order valence-corrected chi connectivity index (χ3v) is 3.90. The van der Waals surface area contributed by atoms with Crippen LogP contribution in [0.3, 0.4) is 0 Å². The molecule has 1 aromatic carbocycles. The molecule has 112 valence electrons. The largest absolute Gasteiger partial charge is 0.345 e. The van der Waals surface area contributed by atoms with Gasteiger partial charge in [0.1, 0.15) is 6.04 Å². The molecule has 2 rings (SSSR count). The smallest absolute Gasteiger partial charge is 0.242 e. The van der Waals surface area contributed by atoms with E-state index in [1.165, 1.54) is 0 Å². The first-order chi connectivity index (χ1) is 9.79. The number of amides is 1. The van der Waals surface area contributed by atoms with Crippen LogP contribution in [-0.2, 0) is 17.4 Å². The molecule has 0 saturated carbocycles. The summed E-state index contributed by atoms with van der Waals surface area (Å²) in [4.78, 5) is 12.3. The number of aromatic nitrogens is 2. The number of hydrogen-bond acceptors (Lipinski definition) is 3. The Morgan fingerprint density at radius 2 is 2.00 bits per heavy atom. The maximum absolute atomic E-state index is 12.3. The van der Waals surface area contributed by atoms with Gasteiger partial charge in [0, 0.05) is 23.3 Å². The molecule has 0 fully saturated rings. The minimum absolute atomic E-state index is 0.226. The summed E-state index contributed by atoms with van der Waals surface area (Å²) in [6.07, 6.45) is 3.35. The average molecular weight is 351 g/mol. The molecular weight excluding hydrogens is 332 g/mol. The van der Waals surface area contributed by atoms with Crippen molar-refractivity contribution in [3.8, 4) is 0 Å². The lowest BCUT2D eigenvalue weighted by Gasteiger charge is -2.28. The monoisotopic (exact) mass is 350 g/mol. The SMILES string of the molecule is Cn1cc(C(N)C(=O)NC(C)(C)c2ccc(Br)cc2)cn1. The van der Waals surface area contributed by atoms with Crippen LogP contribution in [0.4, 0.5) is 0 Å². The van der Waals surface area contributed by atoms with Crippen molar-refractivity contribution in [1.82, 2.24) is 15.1 Å². The number of rotatable bonds is 4. The summed E-state index contributed by atoms with van der Waals surface area (Å²) in [5.74, 6) is -0.226. The highest BCUT2D eigenvalue weighted by Crippen LogP contribution is 2.23. The quantitative estimate of drug-likeness (QED) is 0.887. The third kappa shape index (κ3) is 3.71. The van der Waals surface area contributed by atoms with Crippen LogP contribution >= 0.6 is 15.9 Å². The van der Waals surface area contributed by atoms with Crippen molar-refractivity contribution in [2.75, 3.05) is 0 Å². The summed E-state index contributed by atoms with van der Waals surface area (Å²) >= 11 is 3.40. The molecule has 0 radical (unpaired) electrons. The number of benzene rings is 1. The van der Waals surface area contributed by atoms with E-state index in [0.717, 1.165) is 10.0 Å². The van der Waals surface area contributed by atoms with Crippen LogP contribution in [-0.4, -0.2) is 15.7 Å². The van der Waals surface area contributed by atoms with Gasteiger partial charge in [-0.15, -0.1) is 0 Å². The average Bonchev–Trinajstić information content (AvgIpc) is 2.84. The second-order valence-electron chi connectivity index (χ2n) is 5.55. The lowest BCUT2D eigenvalue weighted by Crippen LogP contribution is -2.45. The summed E-state index contributed by atoms with van der Waals surface area (Å²) in [6, 6.07) is 7.11. The molecule has 0 spiro atoms. The van der Waals surface area contributed by atoms with Gasteiger partial charge in [0.25, 0.3) is 0 Å². The van der Waals surface area contributed by atoms with Crippen molar-refractivity contribution in [3.05, 3.63) is 52.3 Å². The van der Waals surface area contributed by atoms with E-state index >= 15 is 0 Å². The Hall–Kier alpha value is -1.66. The highest BCUT2D eigenvalue weighted by Gasteiger charge is 2.26. The van der Waals surface area contributed by atoms with E-state index in [0.29, 0.717) is 5.56 Å². The second kappa shape index (κ2) is 5.99. The normalized spacial score (nSPS) is 13.0. The van der Waals surface area contributed by atoms with E-state index in [2.05, 4.69) is 26.3 Å². The van der Waals surface area contributed by atoms with Crippen molar-refractivity contribution in [1.29, 1.82) is 0 Å². The molecule has 2 aromatic rings. The molecule has 1 aromatic heterocycles. The number of nitrogens with one attached hydrogen (secondary N) is 1. The van der Waals surface area contributed by atoms with Crippen LogP contribution in [0.25, 0.3) is 0 Å². The summed E-state index contributed by atoms with van der Waals surface area (Å²) in [6.45, 7) is 3.90. The third-order valence-electron chi connectivity index (χ3n) is 3.37. The molecule has 0 aliphatic rings. The first kappa shape index (κ1) is 15.7. The van der Waals surface area contributed by atoms with E-state index in [1.807, 2.05) is 38.1 Å². The second-order valence-corrected chi connectivity index (χ2v) is 6.46. The Morgan fingerprint density at radius 3 is 2.52 bits per heavy atom. The van der Waals surface area contributed by atoms with Crippen LogP contribution in [0.2, 0.25) is 0 Å². The fourth-order valence-corrected chi connectivity index (χ4v) is 2.34. The molecule has 3 N–H and O–H groups in total. The van der Waals surface area contributed by atoms with Crippen LogP contribution in [0.5, 0.6) is 0 Å². The summed E-state index contributed by atoms with van der Waals surface area (Å²) in [5, 5.41) is 7.02. The molecular formula is C15H19BrN4O. The molecule has 6 heteroatoms. The van der Waals surface area contributed by atoms with Gasteiger partial charge in [-0.25, -0.2) is 0 Å². The van der Waals surface area contributed by atoms with Crippen molar-refractivity contribution in [2.24, 2.45) is 12.8 Å². The molecule has 1 atom stereocenters. The lowest BCUT2D eigenvalue weighted by atomic mass is 9.93. The molecule has 5 nitrogen and oxygen atoms in total. The number of nitrogens with two attached hydrogens (primary N) is 1. The first-order valence-electron chi connectivity index (χ1n) is 6.62. The Balaban J connectivity index is 2.12. The van der Waals surface area contributed by atoms with E-state index < -0.39 is 11.6 Å². The number of aryl methyl sites for hydroxylation is 1. The lowest BCUT2D eigenvalue weighted by molar-refractivity contribution is -0.124. The highest BCUT2D eigenvalue weighted by atomic mass is 79.9. The summed E-state index contributed by atoms with van der Waals surface area (Å²) in [7, 11) is 1.79. The summed E-state index contributed by atoms with van der Waals surface area (Å²) in [5.41, 5.74) is 7.19. The number of hydrogen-bond donors (Lipinski definition) is 2. The van der Waals surface area contributed by atoms with Gasteiger partial charge in [-0.3, -0.25) is 9.48 Å². The zero-order valence-electron chi connectivity index (χ0n) is 12.3. The Morgan fingerprint density at radius 1 is 1.38 bits per heavy atom. The van der Waals surface area contributed by atoms with Gasteiger partial charge in [0.15, 0.2) is 0 Å². The number of carbonyl (C=O) groups is 1. The molecule has 0 aliphatic heterocycles. The fraction of sp³-hybridized carbons (Fsp3) is 0.333. The first-order valence-corrected chi connectivity index (χ1v) is 7.41. The van der Waals surface area contributed by atoms with Gasteiger partial charge in [0.2, 0.25) is 5.91 Å². The van der Waals surface area contributed by atoms with Gasteiger partial charge in [0.05, 0.1) is 11.7 Å². The highest BCUT2D eigenvalue weighted by molar-refractivity contribution is 9.10. The minimum atomic E-state index is -0.728. The van der Waals surface area contributed by atoms with Crippen molar-refractivity contribution < 1.29 is 4.79 Å². The maximum Gasteiger partial charge on any atom is 0.242 e. The Kier molecular flexibility index (Phi) is 4.49. The van der Waals surface area contributed by atoms with E-state index in [4.69, 9.17) is 5.73 Å². The summed E-state index contributed by atoms with van der Waals surface area (Å²) < 4.78 is 2.63. The fourth-order valence-electron chi connectivity index (χ4n) is 2.08. The zero-order chi connectivity index (χ0) is 15.6. The Labute approximate surface area is 132 Å². The molecule has 21 heavy (non-hydrogen) atoms. The molecule has 1 heterocycles. The van der Waals surface area contributed by atoms with Gasteiger partial charge in [-0.1, -0.05) is 28.1 Å². The van der Waals surface area contributed by atoms with Gasteiger partial charge in [-0.2, -0.15) is 5.10 Å². The Bertz CT molecular complexity index is 633. The zero-order valence-corrected chi connectivity index (χ0v) is 13.9. The number of nitrogens with zero attached hydrogens (tertiary/aromatic N) is 2. The van der Waals surface area contributed by atoms with Crippen LogP contribution in [0.1, 0.15) is 31.0 Å². The minimum Gasteiger partial charge on any atom is -0.345 e. The number of carbonyl (C=O) groups excluding carboxylic acids is 1. The van der Waals surface area contributed by atoms with E-state index in [9.17, 15) is 4.79 Å². The van der Waals surface area contributed by atoms with Gasteiger partial charge in [-0.05, 0) is 31.5 Å². The standard InChI is InChI=1S/C15H19BrN4O/c1-15(2,11-4-6-12(16)7-5-11)19-14(21)13(17)10-8-18-20(3)9-10/h4-9,13H,17H2,1-3H3,(H,19,21). The van der Waals surface area contributed by atoms with Crippen molar-refractivity contribution >= 4 is 21.8 Å². The molecule has 1 amide bonds.